The maximum Gasteiger partial charge on any atom is 0.319 e. The summed E-state index contributed by atoms with van der Waals surface area (Å²) in [5, 5.41) is 14.8. The van der Waals surface area contributed by atoms with Gasteiger partial charge in [-0.15, -0.1) is 0 Å². The number of anilines is 1. The minimum Gasteiger partial charge on any atom is -0.481 e. The topological polar surface area (TPSA) is 91.3 Å². The van der Waals surface area contributed by atoms with Crippen molar-refractivity contribution in [1.82, 2.24) is 10.3 Å². The molecule has 1 aliphatic carbocycles. The van der Waals surface area contributed by atoms with E-state index in [2.05, 4.69) is 15.6 Å². The number of hydrogen-bond acceptors (Lipinski definition) is 3. The zero-order chi connectivity index (χ0) is 15.2. The Morgan fingerprint density at radius 2 is 2.05 bits per heavy atom. The smallest absolute Gasteiger partial charge is 0.319 e. The lowest BCUT2D eigenvalue weighted by molar-refractivity contribution is -0.142. The Morgan fingerprint density at radius 1 is 1.29 bits per heavy atom. The number of aliphatic carboxylic acids is 1. The fourth-order valence-electron chi connectivity index (χ4n) is 2.72. The fraction of sp³-hybridized carbons (Fsp3) is 0.533. The zero-order valence-corrected chi connectivity index (χ0v) is 12.1. The first-order valence-electron chi connectivity index (χ1n) is 7.30. The Hall–Kier alpha value is -2.11. The van der Waals surface area contributed by atoms with Gasteiger partial charge in [0.05, 0.1) is 17.3 Å². The summed E-state index contributed by atoms with van der Waals surface area (Å²) in [6, 6.07) is 2.82. The van der Waals surface area contributed by atoms with E-state index in [1.165, 1.54) is 0 Å². The van der Waals surface area contributed by atoms with E-state index in [1.54, 1.807) is 25.3 Å². The standard InChI is InChI=1S/C15H21N3O3/c1-10-12(8-5-9-16-10)17-15(21)18-13-7-4-2-3-6-11(13)14(19)20/h5,8-9,11,13H,2-4,6-7H2,1H3,(H,19,20)(H2,17,18,21). The van der Waals surface area contributed by atoms with E-state index in [-0.39, 0.29) is 12.1 Å². The van der Waals surface area contributed by atoms with Gasteiger partial charge in [0, 0.05) is 12.2 Å². The molecule has 0 saturated heterocycles. The van der Waals surface area contributed by atoms with Crippen molar-refractivity contribution in [3.05, 3.63) is 24.0 Å². The molecule has 1 heterocycles. The summed E-state index contributed by atoms with van der Waals surface area (Å²) in [7, 11) is 0. The number of rotatable bonds is 3. The van der Waals surface area contributed by atoms with Crippen LogP contribution in [0.5, 0.6) is 0 Å². The van der Waals surface area contributed by atoms with E-state index in [4.69, 9.17) is 0 Å². The number of amides is 2. The number of nitrogens with zero attached hydrogens (tertiary/aromatic N) is 1. The summed E-state index contributed by atoms with van der Waals surface area (Å²) in [6.45, 7) is 1.81. The van der Waals surface area contributed by atoms with Crippen molar-refractivity contribution in [2.75, 3.05) is 5.32 Å². The molecular weight excluding hydrogens is 270 g/mol. The Labute approximate surface area is 124 Å². The van der Waals surface area contributed by atoms with Gasteiger partial charge in [0.1, 0.15) is 0 Å². The van der Waals surface area contributed by atoms with Gasteiger partial charge in [-0.1, -0.05) is 19.3 Å². The molecule has 2 unspecified atom stereocenters. The second-order valence-corrected chi connectivity index (χ2v) is 5.42. The van der Waals surface area contributed by atoms with Crippen LogP contribution in [0.15, 0.2) is 18.3 Å². The number of aryl methyl sites for hydroxylation is 1. The number of carboxylic acids is 1. The van der Waals surface area contributed by atoms with Gasteiger partial charge in [-0.05, 0) is 31.9 Å². The monoisotopic (exact) mass is 291 g/mol. The van der Waals surface area contributed by atoms with E-state index in [1.807, 2.05) is 0 Å². The van der Waals surface area contributed by atoms with Gasteiger partial charge in [-0.25, -0.2) is 4.79 Å². The van der Waals surface area contributed by atoms with Gasteiger partial charge in [-0.3, -0.25) is 9.78 Å². The molecule has 1 aliphatic rings. The minimum absolute atomic E-state index is 0.318. The Bertz CT molecular complexity index is 519. The van der Waals surface area contributed by atoms with Crippen LogP contribution in [0.1, 0.15) is 37.8 Å². The van der Waals surface area contributed by atoms with Crippen LogP contribution in [0, 0.1) is 12.8 Å². The number of pyridine rings is 1. The average molecular weight is 291 g/mol. The number of urea groups is 1. The molecular formula is C15H21N3O3. The summed E-state index contributed by atoms with van der Waals surface area (Å²) < 4.78 is 0. The Balaban J connectivity index is 2.00. The molecule has 0 aromatic carbocycles. The maximum absolute atomic E-state index is 12.1. The number of aromatic nitrogens is 1. The van der Waals surface area contributed by atoms with Crippen molar-refractivity contribution < 1.29 is 14.7 Å². The number of hydrogen-bond donors (Lipinski definition) is 3. The summed E-state index contributed by atoms with van der Waals surface area (Å²) in [6.07, 6.45) is 5.84. The zero-order valence-electron chi connectivity index (χ0n) is 12.1. The summed E-state index contributed by atoms with van der Waals surface area (Å²) in [5.41, 5.74) is 1.36. The number of nitrogens with one attached hydrogen (secondary N) is 2. The quantitative estimate of drug-likeness (QED) is 0.746. The number of carbonyl (C=O) groups is 2. The van der Waals surface area contributed by atoms with E-state index in [9.17, 15) is 14.7 Å². The Kier molecular flexibility index (Phi) is 5.14. The molecule has 0 radical (unpaired) electrons. The highest BCUT2D eigenvalue weighted by atomic mass is 16.4. The van der Waals surface area contributed by atoms with E-state index in [0.717, 1.165) is 25.0 Å². The van der Waals surface area contributed by atoms with Crippen LogP contribution in [0.2, 0.25) is 0 Å². The maximum atomic E-state index is 12.1. The molecule has 114 valence electrons. The molecule has 1 aromatic rings. The van der Waals surface area contributed by atoms with Gasteiger partial charge in [-0.2, -0.15) is 0 Å². The predicted octanol–water partition coefficient (Wildman–Crippen LogP) is 2.55. The SMILES string of the molecule is Cc1ncccc1NC(=O)NC1CCCCCC1C(=O)O. The van der Waals surface area contributed by atoms with Crippen LogP contribution in [0.25, 0.3) is 0 Å². The van der Waals surface area contributed by atoms with Gasteiger partial charge in [0.25, 0.3) is 0 Å². The van der Waals surface area contributed by atoms with Crippen molar-refractivity contribution in [2.45, 2.75) is 45.1 Å². The lowest BCUT2D eigenvalue weighted by Gasteiger charge is -2.23. The molecule has 0 bridgehead atoms. The molecule has 1 saturated carbocycles. The van der Waals surface area contributed by atoms with Crippen molar-refractivity contribution in [1.29, 1.82) is 0 Å². The second kappa shape index (κ2) is 7.06. The lowest BCUT2D eigenvalue weighted by atomic mass is 9.95. The summed E-state index contributed by atoms with van der Waals surface area (Å²) in [4.78, 5) is 27.5. The van der Waals surface area contributed by atoms with Crippen LogP contribution >= 0.6 is 0 Å². The first-order chi connectivity index (χ1) is 10.1. The van der Waals surface area contributed by atoms with Gasteiger partial charge < -0.3 is 15.7 Å². The van der Waals surface area contributed by atoms with E-state index >= 15 is 0 Å². The molecule has 0 spiro atoms. The molecule has 1 aromatic heterocycles. The molecule has 21 heavy (non-hydrogen) atoms. The fourth-order valence-corrected chi connectivity index (χ4v) is 2.72. The van der Waals surface area contributed by atoms with E-state index < -0.39 is 11.9 Å². The van der Waals surface area contributed by atoms with Crippen LogP contribution < -0.4 is 10.6 Å². The largest absolute Gasteiger partial charge is 0.481 e. The molecule has 2 rings (SSSR count). The van der Waals surface area contributed by atoms with Crippen LogP contribution in [0.3, 0.4) is 0 Å². The molecule has 0 aliphatic heterocycles. The average Bonchev–Trinajstić information content (AvgIpc) is 2.67. The summed E-state index contributed by atoms with van der Waals surface area (Å²) in [5.74, 6) is -1.34. The molecule has 2 amide bonds. The number of carbonyl (C=O) groups excluding carboxylic acids is 1. The van der Waals surface area contributed by atoms with E-state index in [0.29, 0.717) is 18.5 Å². The highest BCUT2D eigenvalue weighted by Crippen LogP contribution is 2.24. The highest BCUT2D eigenvalue weighted by molar-refractivity contribution is 5.90. The molecule has 6 heteroatoms. The third-order valence-corrected chi connectivity index (χ3v) is 3.90. The third-order valence-electron chi connectivity index (χ3n) is 3.90. The molecule has 3 N–H and O–H groups in total. The number of carboxylic acid groups (broad SMARTS) is 1. The van der Waals surface area contributed by atoms with Gasteiger partial charge >= 0.3 is 12.0 Å². The predicted molar refractivity (Wildman–Crippen MR) is 79.1 cm³/mol. The summed E-state index contributed by atoms with van der Waals surface area (Å²) >= 11 is 0. The van der Waals surface area contributed by atoms with Crippen molar-refractivity contribution in [2.24, 2.45) is 5.92 Å². The van der Waals surface area contributed by atoms with Crippen LogP contribution in [-0.4, -0.2) is 28.1 Å². The first-order valence-corrected chi connectivity index (χ1v) is 7.30. The lowest BCUT2D eigenvalue weighted by Crippen LogP contribution is -2.44. The second-order valence-electron chi connectivity index (χ2n) is 5.42. The van der Waals surface area contributed by atoms with Crippen molar-refractivity contribution >= 4 is 17.7 Å². The van der Waals surface area contributed by atoms with Crippen molar-refractivity contribution in [3.8, 4) is 0 Å². The molecule has 2 atom stereocenters. The third kappa shape index (κ3) is 4.18. The van der Waals surface area contributed by atoms with Crippen LogP contribution in [0.4, 0.5) is 10.5 Å². The van der Waals surface area contributed by atoms with Gasteiger partial charge in [0.15, 0.2) is 0 Å². The molecule has 1 fully saturated rings. The minimum atomic E-state index is -0.834. The Morgan fingerprint density at radius 3 is 2.76 bits per heavy atom. The molecule has 6 nitrogen and oxygen atoms in total. The highest BCUT2D eigenvalue weighted by Gasteiger charge is 2.30. The van der Waals surface area contributed by atoms with Gasteiger partial charge in [0.2, 0.25) is 0 Å². The van der Waals surface area contributed by atoms with Crippen molar-refractivity contribution in [3.63, 3.8) is 0 Å². The first kappa shape index (κ1) is 15.3. The van der Waals surface area contributed by atoms with Crippen LogP contribution in [-0.2, 0) is 4.79 Å². The normalized spacial score (nSPS) is 22.1.